The number of rotatable bonds is 4. The van der Waals surface area contributed by atoms with E-state index in [1.54, 1.807) is 0 Å². The Balaban J connectivity index is 2.04. The highest BCUT2D eigenvalue weighted by atomic mass is 16.5. The first kappa shape index (κ1) is 12.4. The van der Waals surface area contributed by atoms with Gasteiger partial charge < -0.3 is 10.1 Å². The summed E-state index contributed by atoms with van der Waals surface area (Å²) >= 11 is 0. The maximum absolute atomic E-state index is 6.00. The second-order valence-electron chi connectivity index (χ2n) is 5.30. The molecule has 2 heteroatoms. The molecule has 94 valence electrons. The van der Waals surface area contributed by atoms with E-state index in [-0.39, 0.29) is 0 Å². The van der Waals surface area contributed by atoms with Crippen LogP contribution in [0.25, 0.3) is 0 Å². The van der Waals surface area contributed by atoms with Crippen LogP contribution in [0, 0.1) is 6.92 Å². The first-order valence-electron chi connectivity index (χ1n) is 6.63. The molecule has 2 rings (SSSR count). The average molecular weight is 233 g/mol. The summed E-state index contributed by atoms with van der Waals surface area (Å²) in [6.07, 6.45) is 2.52. The number of hydrogen-bond donors (Lipinski definition) is 1. The van der Waals surface area contributed by atoms with Crippen molar-refractivity contribution < 1.29 is 4.74 Å². The molecule has 1 N–H and O–H groups in total. The van der Waals surface area contributed by atoms with Crippen LogP contribution in [-0.4, -0.2) is 19.2 Å². The molecule has 1 aromatic rings. The van der Waals surface area contributed by atoms with Gasteiger partial charge in [-0.05, 0) is 49.4 Å². The third-order valence-electron chi connectivity index (χ3n) is 3.39. The van der Waals surface area contributed by atoms with Gasteiger partial charge in [-0.2, -0.15) is 0 Å². The molecule has 1 heterocycles. The van der Waals surface area contributed by atoms with Crippen molar-refractivity contribution in [3.63, 3.8) is 0 Å². The van der Waals surface area contributed by atoms with Gasteiger partial charge in [-0.3, -0.25) is 0 Å². The number of nitrogens with one attached hydrogen (secondary N) is 1. The molecule has 1 saturated heterocycles. The third kappa shape index (κ3) is 3.22. The summed E-state index contributed by atoms with van der Waals surface area (Å²) in [6, 6.07) is 7.05. The predicted octanol–water partition coefficient (Wildman–Crippen LogP) is 3.25. The highest BCUT2D eigenvalue weighted by Crippen LogP contribution is 2.27. The highest BCUT2D eigenvalue weighted by Gasteiger charge is 2.15. The zero-order valence-corrected chi connectivity index (χ0v) is 11.1. The van der Waals surface area contributed by atoms with Gasteiger partial charge >= 0.3 is 0 Å². The molecule has 1 aliphatic heterocycles. The molecule has 0 radical (unpaired) electrons. The lowest BCUT2D eigenvalue weighted by atomic mass is 10.0. The molecule has 1 aromatic carbocycles. The summed E-state index contributed by atoms with van der Waals surface area (Å²) in [4.78, 5) is 0. The Hall–Kier alpha value is -1.02. The molecular weight excluding hydrogens is 210 g/mol. The van der Waals surface area contributed by atoms with Crippen molar-refractivity contribution in [3.8, 4) is 5.75 Å². The van der Waals surface area contributed by atoms with E-state index in [1.165, 1.54) is 24.0 Å². The summed E-state index contributed by atoms with van der Waals surface area (Å²) < 4.78 is 6.00. The zero-order valence-electron chi connectivity index (χ0n) is 11.1. The standard InChI is InChI=1S/C15H23NO/c1-11(2)14-7-6-12(3)9-15(14)17-10-13-5-4-8-16-13/h6-7,9,11,13,16H,4-5,8,10H2,1-3H3. The quantitative estimate of drug-likeness (QED) is 0.862. The molecular formula is C15H23NO. The Labute approximate surface area is 104 Å². The Morgan fingerprint density at radius 1 is 1.41 bits per heavy atom. The highest BCUT2D eigenvalue weighted by molar-refractivity contribution is 5.39. The fraction of sp³-hybridized carbons (Fsp3) is 0.600. The molecule has 0 spiro atoms. The van der Waals surface area contributed by atoms with E-state index in [0.29, 0.717) is 12.0 Å². The lowest BCUT2D eigenvalue weighted by Gasteiger charge is -2.17. The van der Waals surface area contributed by atoms with Crippen LogP contribution in [-0.2, 0) is 0 Å². The Kier molecular flexibility index (Phi) is 4.06. The summed E-state index contributed by atoms with van der Waals surface area (Å²) in [5, 5.41) is 3.47. The minimum atomic E-state index is 0.516. The number of benzene rings is 1. The summed E-state index contributed by atoms with van der Waals surface area (Å²) in [7, 11) is 0. The minimum Gasteiger partial charge on any atom is -0.492 e. The molecule has 1 unspecified atom stereocenters. The molecule has 1 fully saturated rings. The normalized spacial score (nSPS) is 19.9. The van der Waals surface area contributed by atoms with Crippen LogP contribution >= 0.6 is 0 Å². The van der Waals surface area contributed by atoms with E-state index < -0.39 is 0 Å². The van der Waals surface area contributed by atoms with E-state index in [4.69, 9.17) is 4.74 Å². The second-order valence-corrected chi connectivity index (χ2v) is 5.30. The molecule has 0 bridgehead atoms. The smallest absolute Gasteiger partial charge is 0.123 e. The van der Waals surface area contributed by atoms with Gasteiger partial charge in [-0.15, -0.1) is 0 Å². The average Bonchev–Trinajstić information content (AvgIpc) is 2.78. The van der Waals surface area contributed by atoms with Crippen molar-refractivity contribution in [3.05, 3.63) is 29.3 Å². The van der Waals surface area contributed by atoms with E-state index in [1.807, 2.05) is 0 Å². The van der Waals surface area contributed by atoms with Crippen molar-refractivity contribution >= 4 is 0 Å². The summed E-state index contributed by atoms with van der Waals surface area (Å²) in [5.41, 5.74) is 2.58. The molecule has 2 nitrogen and oxygen atoms in total. The molecule has 1 atom stereocenters. The third-order valence-corrected chi connectivity index (χ3v) is 3.39. The maximum Gasteiger partial charge on any atom is 0.123 e. The van der Waals surface area contributed by atoms with Gasteiger partial charge in [0.15, 0.2) is 0 Å². The predicted molar refractivity (Wildman–Crippen MR) is 71.8 cm³/mol. The van der Waals surface area contributed by atoms with Crippen molar-refractivity contribution in [2.75, 3.05) is 13.2 Å². The van der Waals surface area contributed by atoms with E-state index in [2.05, 4.69) is 44.3 Å². The van der Waals surface area contributed by atoms with Gasteiger partial charge in [-0.25, -0.2) is 0 Å². The van der Waals surface area contributed by atoms with Crippen molar-refractivity contribution in [1.29, 1.82) is 0 Å². The van der Waals surface area contributed by atoms with E-state index in [9.17, 15) is 0 Å². The van der Waals surface area contributed by atoms with Crippen molar-refractivity contribution in [1.82, 2.24) is 5.32 Å². The number of ether oxygens (including phenoxy) is 1. The molecule has 1 aliphatic rings. The van der Waals surface area contributed by atoms with Gasteiger partial charge in [-0.1, -0.05) is 26.0 Å². The lowest BCUT2D eigenvalue weighted by Crippen LogP contribution is -2.28. The fourth-order valence-corrected chi connectivity index (χ4v) is 2.33. The van der Waals surface area contributed by atoms with Gasteiger partial charge in [0, 0.05) is 6.04 Å². The van der Waals surface area contributed by atoms with Gasteiger partial charge in [0.25, 0.3) is 0 Å². The van der Waals surface area contributed by atoms with E-state index in [0.717, 1.165) is 18.9 Å². The van der Waals surface area contributed by atoms with Crippen LogP contribution in [0.2, 0.25) is 0 Å². The van der Waals surface area contributed by atoms with Crippen LogP contribution in [0.5, 0.6) is 5.75 Å². The van der Waals surface area contributed by atoms with Crippen LogP contribution in [0.3, 0.4) is 0 Å². The van der Waals surface area contributed by atoms with Crippen molar-refractivity contribution in [2.24, 2.45) is 0 Å². The summed E-state index contributed by atoms with van der Waals surface area (Å²) in [5.74, 6) is 1.58. The molecule has 0 saturated carbocycles. The SMILES string of the molecule is Cc1ccc(C(C)C)c(OCC2CCCN2)c1. The molecule has 0 aromatic heterocycles. The van der Waals surface area contributed by atoms with Crippen LogP contribution in [0.1, 0.15) is 43.7 Å². The number of aryl methyl sites for hydroxylation is 1. The van der Waals surface area contributed by atoms with Crippen LogP contribution in [0.15, 0.2) is 18.2 Å². The Bertz CT molecular complexity index is 367. The summed E-state index contributed by atoms with van der Waals surface area (Å²) in [6.45, 7) is 8.48. The second kappa shape index (κ2) is 5.54. The van der Waals surface area contributed by atoms with Gasteiger partial charge in [0.05, 0.1) is 0 Å². The molecule has 17 heavy (non-hydrogen) atoms. The maximum atomic E-state index is 6.00. The fourth-order valence-electron chi connectivity index (χ4n) is 2.33. The number of hydrogen-bond acceptors (Lipinski definition) is 2. The van der Waals surface area contributed by atoms with Gasteiger partial charge in [0.1, 0.15) is 12.4 Å². The monoisotopic (exact) mass is 233 g/mol. The van der Waals surface area contributed by atoms with Crippen LogP contribution in [0.4, 0.5) is 0 Å². The first-order valence-corrected chi connectivity index (χ1v) is 6.63. The molecule has 0 amide bonds. The lowest BCUT2D eigenvalue weighted by molar-refractivity contribution is 0.274. The minimum absolute atomic E-state index is 0.516. The van der Waals surface area contributed by atoms with E-state index >= 15 is 0 Å². The zero-order chi connectivity index (χ0) is 12.3. The first-order chi connectivity index (χ1) is 8.16. The largest absolute Gasteiger partial charge is 0.492 e. The Morgan fingerprint density at radius 2 is 2.24 bits per heavy atom. The molecule has 0 aliphatic carbocycles. The van der Waals surface area contributed by atoms with Crippen molar-refractivity contribution in [2.45, 2.75) is 45.6 Å². The Morgan fingerprint density at radius 3 is 2.88 bits per heavy atom. The van der Waals surface area contributed by atoms with Crippen LogP contribution < -0.4 is 10.1 Å². The topological polar surface area (TPSA) is 21.3 Å². The van der Waals surface area contributed by atoms with Gasteiger partial charge in [0.2, 0.25) is 0 Å².